The molecule has 1 aromatic heterocycles. The molecular formula is C20H23N3O7. The van der Waals surface area contributed by atoms with Crippen LogP contribution in [0.1, 0.15) is 37.9 Å². The van der Waals surface area contributed by atoms with Crippen molar-refractivity contribution in [3.63, 3.8) is 0 Å². The Kier molecular flexibility index (Phi) is 7.68. The molecule has 1 aromatic carbocycles. The molecule has 0 aliphatic rings. The molecule has 0 atom stereocenters. The predicted octanol–water partition coefficient (Wildman–Crippen LogP) is 2.37. The number of benzene rings is 1. The van der Waals surface area contributed by atoms with E-state index in [9.17, 15) is 24.5 Å². The lowest BCUT2D eigenvalue weighted by Crippen LogP contribution is -2.42. The Labute approximate surface area is 171 Å². The van der Waals surface area contributed by atoms with Gasteiger partial charge in [0.2, 0.25) is 0 Å². The molecule has 1 N–H and O–H groups in total. The first-order chi connectivity index (χ1) is 14.3. The molecule has 160 valence electrons. The van der Waals surface area contributed by atoms with Crippen molar-refractivity contribution in [1.82, 2.24) is 9.13 Å². The van der Waals surface area contributed by atoms with E-state index in [1.807, 2.05) is 6.92 Å². The average Bonchev–Trinajstić information content (AvgIpc) is 2.70. The second-order valence-electron chi connectivity index (χ2n) is 6.47. The minimum absolute atomic E-state index is 0.0598. The van der Waals surface area contributed by atoms with Gasteiger partial charge in [-0.05, 0) is 36.6 Å². The van der Waals surface area contributed by atoms with Crippen molar-refractivity contribution in [2.45, 2.75) is 39.8 Å². The highest BCUT2D eigenvalue weighted by Gasteiger charge is 2.25. The summed E-state index contributed by atoms with van der Waals surface area (Å²) in [7, 11) is 0. The third kappa shape index (κ3) is 5.22. The zero-order valence-corrected chi connectivity index (χ0v) is 16.7. The number of rotatable bonds is 10. The Morgan fingerprint density at radius 1 is 1.10 bits per heavy atom. The summed E-state index contributed by atoms with van der Waals surface area (Å²) >= 11 is 0. The standard InChI is InChI=1S/C20H23N3O7/c1-3-11-21-16(18(23(28)29)19(26)22(12-4-2)20(21)27)10-7-14-5-8-15(9-6-14)30-13-17(24)25/h5-10H,3-4,11-13H2,1-2H3,(H,24,25)/b10-7+. The van der Waals surface area contributed by atoms with Crippen LogP contribution in [0.4, 0.5) is 5.69 Å². The number of ether oxygens (including phenoxy) is 1. The van der Waals surface area contributed by atoms with E-state index in [4.69, 9.17) is 9.84 Å². The maximum Gasteiger partial charge on any atom is 0.357 e. The van der Waals surface area contributed by atoms with E-state index >= 15 is 0 Å². The number of aromatic nitrogens is 2. The fourth-order valence-corrected chi connectivity index (χ4v) is 2.90. The topological polar surface area (TPSA) is 134 Å². The van der Waals surface area contributed by atoms with Gasteiger partial charge in [-0.1, -0.05) is 32.1 Å². The van der Waals surface area contributed by atoms with Gasteiger partial charge in [0.1, 0.15) is 11.4 Å². The molecule has 0 radical (unpaired) electrons. The molecular weight excluding hydrogens is 394 g/mol. The molecule has 30 heavy (non-hydrogen) atoms. The third-order valence-electron chi connectivity index (χ3n) is 4.20. The molecule has 2 rings (SSSR count). The van der Waals surface area contributed by atoms with Crippen LogP contribution in [0, 0.1) is 10.1 Å². The van der Waals surface area contributed by atoms with Gasteiger partial charge in [0.25, 0.3) is 0 Å². The molecule has 0 saturated carbocycles. The first kappa shape index (κ1) is 22.6. The van der Waals surface area contributed by atoms with Crippen molar-refractivity contribution < 1.29 is 19.6 Å². The maximum absolute atomic E-state index is 12.8. The molecule has 0 aliphatic carbocycles. The van der Waals surface area contributed by atoms with Gasteiger partial charge in [-0.25, -0.2) is 9.59 Å². The van der Waals surface area contributed by atoms with Crippen LogP contribution >= 0.6 is 0 Å². The number of hydrogen-bond donors (Lipinski definition) is 1. The number of nitrogens with zero attached hydrogens (tertiary/aromatic N) is 3. The Hall–Kier alpha value is -3.69. The van der Waals surface area contributed by atoms with Gasteiger partial charge in [0.15, 0.2) is 6.61 Å². The monoisotopic (exact) mass is 417 g/mol. The number of carboxylic acids is 1. The summed E-state index contributed by atoms with van der Waals surface area (Å²) in [6.45, 7) is 3.46. The van der Waals surface area contributed by atoms with Crippen LogP contribution in [0.3, 0.4) is 0 Å². The van der Waals surface area contributed by atoms with Crippen molar-refractivity contribution >= 4 is 23.8 Å². The van der Waals surface area contributed by atoms with E-state index < -0.39 is 34.4 Å². The van der Waals surface area contributed by atoms with Gasteiger partial charge >= 0.3 is 22.9 Å². The normalized spacial score (nSPS) is 11.0. The Morgan fingerprint density at radius 2 is 1.70 bits per heavy atom. The summed E-state index contributed by atoms with van der Waals surface area (Å²) in [4.78, 5) is 46.8. The fraction of sp³-hybridized carbons (Fsp3) is 0.350. The summed E-state index contributed by atoms with van der Waals surface area (Å²) in [6, 6.07) is 6.35. The molecule has 10 nitrogen and oxygen atoms in total. The van der Waals surface area contributed by atoms with Crippen molar-refractivity contribution in [1.29, 1.82) is 0 Å². The second-order valence-corrected chi connectivity index (χ2v) is 6.47. The quantitative estimate of drug-likeness (QED) is 0.463. The average molecular weight is 417 g/mol. The number of carboxylic acid groups (broad SMARTS) is 1. The fourth-order valence-electron chi connectivity index (χ4n) is 2.90. The Morgan fingerprint density at radius 3 is 2.23 bits per heavy atom. The predicted molar refractivity (Wildman–Crippen MR) is 111 cm³/mol. The summed E-state index contributed by atoms with van der Waals surface area (Å²) in [5, 5.41) is 20.3. The van der Waals surface area contributed by atoms with E-state index in [0.29, 0.717) is 24.2 Å². The summed E-state index contributed by atoms with van der Waals surface area (Å²) < 4.78 is 7.20. The first-order valence-electron chi connectivity index (χ1n) is 9.44. The molecule has 10 heteroatoms. The van der Waals surface area contributed by atoms with Gasteiger partial charge in [-0.2, -0.15) is 0 Å². The van der Waals surface area contributed by atoms with Gasteiger partial charge in [-0.3, -0.25) is 24.0 Å². The SMILES string of the molecule is CCCn1c(/C=C/c2ccc(OCC(=O)O)cc2)c([N+](=O)[O-])c(=O)n(CCC)c1=O. The zero-order chi connectivity index (χ0) is 22.3. The smallest absolute Gasteiger partial charge is 0.357 e. The van der Waals surface area contributed by atoms with Crippen LogP contribution in [-0.2, 0) is 17.9 Å². The van der Waals surface area contributed by atoms with Gasteiger partial charge in [-0.15, -0.1) is 0 Å². The number of carbonyl (C=O) groups is 1. The third-order valence-corrected chi connectivity index (χ3v) is 4.20. The highest BCUT2D eigenvalue weighted by molar-refractivity contribution is 5.72. The van der Waals surface area contributed by atoms with E-state index in [1.165, 1.54) is 10.6 Å². The summed E-state index contributed by atoms with van der Waals surface area (Å²) in [5.74, 6) is -0.747. The molecule has 0 bridgehead atoms. The van der Waals surface area contributed by atoms with Gasteiger partial charge in [0, 0.05) is 13.1 Å². The number of nitro groups is 1. The number of aliphatic carboxylic acids is 1. The molecule has 0 saturated heterocycles. The van der Waals surface area contributed by atoms with E-state index in [1.54, 1.807) is 37.3 Å². The maximum atomic E-state index is 12.8. The summed E-state index contributed by atoms with van der Waals surface area (Å²) in [5.41, 5.74) is -1.58. The van der Waals surface area contributed by atoms with Crippen molar-refractivity contribution in [2.75, 3.05) is 6.61 Å². The first-order valence-corrected chi connectivity index (χ1v) is 9.44. The number of hydrogen-bond acceptors (Lipinski definition) is 6. The van der Waals surface area contributed by atoms with Crippen LogP contribution in [0.5, 0.6) is 5.75 Å². The van der Waals surface area contributed by atoms with Crippen LogP contribution in [-0.4, -0.2) is 31.7 Å². The van der Waals surface area contributed by atoms with E-state index in [-0.39, 0.29) is 18.8 Å². The highest BCUT2D eigenvalue weighted by atomic mass is 16.6. The van der Waals surface area contributed by atoms with E-state index in [0.717, 1.165) is 4.57 Å². The van der Waals surface area contributed by atoms with Gasteiger partial charge < -0.3 is 9.84 Å². The molecule has 0 aliphatic heterocycles. The molecule has 0 spiro atoms. The Bertz CT molecular complexity index is 1070. The molecule has 0 amide bonds. The lowest BCUT2D eigenvalue weighted by Gasteiger charge is -2.13. The molecule has 0 fully saturated rings. The Balaban J connectivity index is 2.51. The van der Waals surface area contributed by atoms with E-state index in [2.05, 4.69) is 0 Å². The van der Waals surface area contributed by atoms with Crippen molar-refractivity contribution in [3.05, 3.63) is 66.5 Å². The zero-order valence-electron chi connectivity index (χ0n) is 16.7. The van der Waals surface area contributed by atoms with Gasteiger partial charge in [0.05, 0.1) is 4.92 Å². The lowest BCUT2D eigenvalue weighted by molar-refractivity contribution is -0.387. The van der Waals surface area contributed by atoms with Crippen LogP contribution in [0.15, 0.2) is 33.9 Å². The largest absolute Gasteiger partial charge is 0.482 e. The summed E-state index contributed by atoms with van der Waals surface area (Å²) in [6.07, 6.45) is 3.96. The van der Waals surface area contributed by atoms with Crippen LogP contribution in [0.2, 0.25) is 0 Å². The van der Waals surface area contributed by atoms with Crippen molar-refractivity contribution in [2.24, 2.45) is 0 Å². The minimum Gasteiger partial charge on any atom is -0.482 e. The molecule has 1 heterocycles. The van der Waals surface area contributed by atoms with Crippen molar-refractivity contribution in [3.8, 4) is 5.75 Å². The van der Waals surface area contributed by atoms with Crippen LogP contribution < -0.4 is 16.0 Å². The minimum atomic E-state index is -1.10. The highest BCUT2D eigenvalue weighted by Crippen LogP contribution is 2.18. The molecule has 0 unspecified atom stereocenters. The van der Waals surface area contributed by atoms with Crippen LogP contribution in [0.25, 0.3) is 12.2 Å². The lowest BCUT2D eigenvalue weighted by atomic mass is 10.1. The molecule has 2 aromatic rings. The second kappa shape index (κ2) is 10.2.